The van der Waals surface area contributed by atoms with Crippen LogP contribution in [-0.2, 0) is 15.7 Å². The number of halogens is 5. The fraction of sp³-hybridized carbons (Fsp3) is 0.188. The van der Waals surface area contributed by atoms with E-state index in [0.29, 0.717) is 4.57 Å². The second kappa shape index (κ2) is 8.62. The molecular weight excluding hydrogens is 444 g/mol. The molecule has 0 unspecified atom stereocenters. The van der Waals surface area contributed by atoms with Gasteiger partial charge in [0.25, 0.3) is 5.56 Å². The van der Waals surface area contributed by atoms with Gasteiger partial charge in [0.15, 0.2) is 0 Å². The lowest BCUT2D eigenvalue weighted by molar-refractivity contribution is -0.141. The van der Waals surface area contributed by atoms with Crippen molar-refractivity contribution >= 4 is 29.2 Å². The average molecular weight is 455 g/mol. The summed E-state index contributed by atoms with van der Waals surface area (Å²) in [6.45, 7) is -0.387. The number of hydrogen-bond donors (Lipinski definition) is 2. The predicted molar refractivity (Wildman–Crippen MR) is 95.9 cm³/mol. The summed E-state index contributed by atoms with van der Waals surface area (Å²) in [6, 6.07) is 2.35. The van der Waals surface area contributed by atoms with Gasteiger partial charge in [-0.2, -0.15) is 13.2 Å². The van der Waals surface area contributed by atoms with E-state index in [1.807, 2.05) is 0 Å². The van der Waals surface area contributed by atoms with E-state index in [9.17, 15) is 27.6 Å². The number of aromatic amines is 1. The molecule has 2 N–H and O–H groups in total. The second-order valence-electron chi connectivity index (χ2n) is 5.34. The second-order valence-corrected chi connectivity index (χ2v) is 6.15. The topological polar surface area (TPSA) is 111 Å². The molecular formula is C16H11Cl2F3N2O6. The molecule has 0 saturated heterocycles. The van der Waals surface area contributed by atoms with Crippen LogP contribution in [0.4, 0.5) is 13.2 Å². The quantitative estimate of drug-likeness (QED) is 0.512. The van der Waals surface area contributed by atoms with Crippen molar-refractivity contribution in [3.8, 4) is 11.4 Å². The fourth-order valence-electron chi connectivity index (χ4n) is 2.12. The molecule has 8 nitrogen and oxygen atoms in total. The largest absolute Gasteiger partial charge is 0.497 e. The van der Waals surface area contributed by atoms with Crippen LogP contribution in [0.2, 0.25) is 10.0 Å². The number of carboxylic acid groups (broad SMARTS) is 1. The third-order valence-electron chi connectivity index (χ3n) is 3.40. The zero-order chi connectivity index (χ0) is 21.9. The highest BCUT2D eigenvalue weighted by atomic mass is 35.5. The number of nitrogens with zero attached hydrogens (tertiary/aromatic N) is 1. The van der Waals surface area contributed by atoms with Crippen LogP contribution in [0.15, 0.2) is 39.6 Å². The van der Waals surface area contributed by atoms with Gasteiger partial charge in [-0.05, 0) is 6.07 Å². The predicted octanol–water partition coefficient (Wildman–Crippen LogP) is 2.85. The van der Waals surface area contributed by atoms with Gasteiger partial charge in [-0.3, -0.25) is 4.79 Å². The number of methoxy groups -OCH3 is 1. The van der Waals surface area contributed by atoms with Gasteiger partial charge in [0.1, 0.15) is 23.8 Å². The molecule has 156 valence electrons. The van der Waals surface area contributed by atoms with Crippen molar-refractivity contribution in [3.05, 3.63) is 66.6 Å². The molecule has 0 aliphatic carbocycles. The highest BCUT2D eigenvalue weighted by Gasteiger charge is 2.33. The molecule has 13 heteroatoms. The lowest BCUT2D eigenvalue weighted by Gasteiger charge is -2.14. The lowest BCUT2D eigenvalue weighted by atomic mass is 10.2. The molecule has 2 aromatic rings. The number of rotatable bonds is 6. The van der Waals surface area contributed by atoms with Gasteiger partial charge in [0.05, 0.1) is 28.9 Å². The average Bonchev–Trinajstić information content (AvgIpc) is 2.59. The number of aromatic nitrogens is 2. The zero-order valence-corrected chi connectivity index (χ0v) is 15.9. The van der Waals surface area contributed by atoms with E-state index < -0.39 is 29.1 Å². The number of carbonyl (C=O) groups is 1. The van der Waals surface area contributed by atoms with Gasteiger partial charge in [-0.1, -0.05) is 23.2 Å². The van der Waals surface area contributed by atoms with Crippen molar-refractivity contribution in [1.82, 2.24) is 9.55 Å². The van der Waals surface area contributed by atoms with Crippen LogP contribution in [0.3, 0.4) is 0 Å². The summed E-state index contributed by atoms with van der Waals surface area (Å²) < 4.78 is 48.7. The minimum Gasteiger partial charge on any atom is -0.497 e. The minimum atomic E-state index is -4.93. The molecule has 0 saturated carbocycles. The van der Waals surface area contributed by atoms with Gasteiger partial charge >= 0.3 is 17.8 Å². The third-order valence-corrected chi connectivity index (χ3v) is 4.00. The van der Waals surface area contributed by atoms with E-state index in [4.69, 9.17) is 37.8 Å². The molecule has 0 radical (unpaired) electrons. The van der Waals surface area contributed by atoms with Gasteiger partial charge in [0.2, 0.25) is 0 Å². The highest BCUT2D eigenvalue weighted by Crippen LogP contribution is 2.33. The molecule has 0 aliphatic rings. The van der Waals surface area contributed by atoms with Gasteiger partial charge in [-0.25, -0.2) is 14.2 Å². The number of aliphatic carboxylic acids is 1. The number of ether oxygens (including phenoxy) is 2. The summed E-state index contributed by atoms with van der Waals surface area (Å²) >= 11 is 12.0. The summed E-state index contributed by atoms with van der Waals surface area (Å²) in [7, 11) is 1.20. The molecule has 0 aliphatic heterocycles. The first kappa shape index (κ1) is 22.4. The van der Waals surface area contributed by atoms with E-state index in [0.717, 1.165) is 18.2 Å². The molecule has 0 fully saturated rings. The number of carboxylic acids is 1. The minimum absolute atomic E-state index is 0.0686. The van der Waals surface area contributed by atoms with Crippen molar-refractivity contribution in [1.29, 1.82) is 0 Å². The number of alkyl halides is 3. The van der Waals surface area contributed by atoms with E-state index in [-0.39, 0.29) is 39.9 Å². The Morgan fingerprint density at radius 1 is 1.24 bits per heavy atom. The molecule has 0 atom stereocenters. The Kier molecular flexibility index (Phi) is 6.65. The summed E-state index contributed by atoms with van der Waals surface area (Å²) in [4.78, 5) is 36.4. The maximum Gasteiger partial charge on any atom is 0.431 e. The van der Waals surface area contributed by atoms with Crippen LogP contribution in [-0.4, -0.2) is 34.3 Å². The Bertz CT molecular complexity index is 1060. The van der Waals surface area contributed by atoms with Gasteiger partial charge in [0, 0.05) is 12.1 Å². The number of hydrogen-bond acceptors (Lipinski definition) is 5. The zero-order valence-electron chi connectivity index (χ0n) is 14.3. The van der Waals surface area contributed by atoms with Crippen molar-refractivity contribution in [2.24, 2.45) is 0 Å². The van der Waals surface area contributed by atoms with Gasteiger partial charge in [-0.15, -0.1) is 0 Å². The normalized spacial score (nSPS) is 12.0. The molecule has 1 heterocycles. The number of nitrogens with one attached hydrogen (secondary N) is 1. The van der Waals surface area contributed by atoms with Crippen LogP contribution in [0.1, 0.15) is 5.69 Å². The first-order valence-electron chi connectivity index (χ1n) is 7.47. The van der Waals surface area contributed by atoms with Crippen LogP contribution >= 0.6 is 23.2 Å². The molecule has 1 aromatic heterocycles. The Hall–Kier alpha value is -2.92. The maximum absolute atomic E-state index is 12.7. The molecule has 29 heavy (non-hydrogen) atoms. The molecule has 0 bridgehead atoms. The van der Waals surface area contributed by atoms with E-state index in [1.165, 1.54) is 7.11 Å². The standard InChI is InChI=1S/C16H11Cl2F3N2O6/c1-28-7(2-14(25)26)6-29-11-4-10(8(17)3-9(11)18)23-13(24)5-12(16(19,20)21)22-15(23)27/h2-5H,6H2,1H3,(H,22,27)(H,25,26). The monoisotopic (exact) mass is 454 g/mol. The summed E-state index contributed by atoms with van der Waals surface area (Å²) in [5.74, 6) is -1.52. The summed E-state index contributed by atoms with van der Waals surface area (Å²) in [6.07, 6.45) is -4.20. The highest BCUT2D eigenvalue weighted by molar-refractivity contribution is 6.36. The molecule has 2 rings (SSSR count). The van der Waals surface area contributed by atoms with Crippen LogP contribution in [0.5, 0.6) is 5.75 Å². The van der Waals surface area contributed by atoms with E-state index in [2.05, 4.69) is 0 Å². The van der Waals surface area contributed by atoms with Gasteiger partial charge < -0.3 is 19.6 Å². The van der Waals surface area contributed by atoms with Crippen molar-refractivity contribution in [2.45, 2.75) is 6.18 Å². The Balaban J connectivity index is 2.51. The SMILES string of the molecule is COC(=CC(=O)O)COc1cc(-n2c(=O)cc(C(F)(F)F)[nH]c2=O)c(Cl)cc1Cl. The maximum atomic E-state index is 12.7. The van der Waals surface area contributed by atoms with E-state index >= 15 is 0 Å². The fourth-order valence-corrected chi connectivity index (χ4v) is 2.64. The van der Waals surface area contributed by atoms with Crippen LogP contribution in [0, 0.1) is 0 Å². The third kappa shape index (κ3) is 5.33. The van der Waals surface area contributed by atoms with Crippen molar-refractivity contribution in [3.63, 3.8) is 0 Å². The molecule has 1 aromatic carbocycles. The first-order chi connectivity index (χ1) is 13.4. The van der Waals surface area contributed by atoms with Crippen molar-refractivity contribution < 1.29 is 32.5 Å². The van der Waals surface area contributed by atoms with Crippen LogP contribution < -0.4 is 16.0 Å². The Morgan fingerprint density at radius 2 is 1.90 bits per heavy atom. The van der Waals surface area contributed by atoms with E-state index in [1.54, 1.807) is 4.98 Å². The Morgan fingerprint density at radius 3 is 2.41 bits per heavy atom. The van der Waals surface area contributed by atoms with Crippen LogP contribution in [0.25, 0.3) is 5.69 Å². The smallest absolute Gasteiger partial charge is 0.431 e. The molecule has 0 amide bonds. The lowest BCUT2D eigenvalue weighted by Crippen LogP contribution is -2.36. The number of H-pyrrole nitrogens is 1. The first-order valence-corrected chi connectivity index (χ1v) is 8.23. The summed E-state index contributed by atoms with van der Waals surface area (Å²) in [5.41, 5.74) is -4.50. The summed E-state index contributed by atoms with van der Waals surface area (Å²) in [5, 5.41) is 8.44. The van der Waals surface area contributed by atoms with Crippen molar-refractivity contribution in [2.75, 3.05) is 13.7 Å². The Labute approximate surface area is 169 Å². The number of benzene rings is 1. The molecule has 0 spiro atoms.